The molecule has 0 aromatic rings. The average molecular weight is 231 g/mol. The summed E-state index contributed by atoms with van der Waals surface area (Å²) in [5, 5.41) is 18.8. The van der Waals surface area contributed by atoms with Crippen LogP contribution in [0.25, 0.3) is 0 Å². The lowest BCUT2D eigenvalue weighted by molar-refractivity contribution is -0.0539. The number of aliphatic hydroxyl groups is 2. The minimum Gasteiger partial charge on any atom is -0.396 e. The van der Waals surface area contributed by atoms with Crippen molar-refractivity contribution < 1.29 is 14.9 Å². The van der Waals surface area contributed by atoms with Gasteiger partial charge in [-0.25, -0.2) is 0 Å². The summed E-state index contributed by atoms with van der Waals surface area (Å²) < 4.78 is 5.35. The molecule has 0 aromatic carbocycles. The van der Waals surface area contributed by atoms with Crippen LogP contribution in [0.15, 0.2) is 0 Å². The van der Waals surface area contributed by atoms with E-state index in [2.05, 4.69) is 18.7 Å². The molecular formula is C12H25NO3. The standard InChI is InChI=1S/C12H25NO3/c1-3-12(4-2,10-15)9-13-5-6-16-8-11(13)7-14/h11,14-15H,3-10H2,1-2H3. The molecule has 4 nitrogen and oxygen atoms in total. The molecule has 1 fully saturated rings. The highest BCUT2D eigenvalue weighted by atomic mass is 16.5. The lowest BCUT2D eigenvalue weighted by Gasteiger charge is -2.41. The van der Waals surface area contributed by atoms with Crippen LogP contribution in [0.3, 0.4) is 0 Å². The highest BCUT2D eigenvalue weighted by molar-refractivity contribution is 4.84. The molecule has 1 aliphatic heterocycles. The number of hydrogen-bond donors (Lipinski definition) is 2. The predicted molar refractivity (Wildman–Crippen MR) is 63.4 cm³/mol. The van der Waals surface area contributed by atoms with Crippen LogP contribution >= 0.6 is 0 Å². The Bertz CT molecular complexity index is 186. The first kappa shape index (κ1) is 13.9. The van der Waals surface area contributed by atoms with Gasteiger partial charge in [-0.15, -0.1) is 0 Å². The van der Waals surface area contributed by atoms with Crippen LogP contribution in [-0.4, -0.2) is 60.7 Å². The van der Waals surface area contributed by atoms with E-state index in [1.165, 1.54) is 0 Å². The summed E-state index contributed by atoms with van der Waals surface area (Å²) >= 11 is 0. The van der Waals surface area contributed by atoms with Gasteiger partial charge >= 0.3 is 0 Å². The predicted octanol–water partition coefficient (Wildman–Crippen LogP) is 0.478. The second-order valence-electron chi connectivity index (χ2n) is 4.75. The number of morpholine rings is 1. The smallest absolute Gasteiger partial charge is 0.0644 e. The van der Waals surface area contributed by atoms with Gasteiger partial charge in [0.2, 0.25) is 0 Å². The Balaban J connectivity index is 2.61. The van der Waals surface area contributed by atoms with Crippen molar-refractivity contribution >= 4 is 0 Å². The first-order chi connectivity index (χ1) is 7.71. The Morgan fingerprint density at radius 1 is 1.31 bits per heavy atom. The molecule has 1 heterocycles. The molecule has 1 unspecified atom stereocenters. The molecule has 0 bridgehead atoms. The van der Waals surface area contributed by atoms with Crippen molar-refractivity contribution in [1.29, 1.82) is 0 Å². The molecule has 1 saturated heterocycles. The zero-order valence-corrected chi connectivity index (χ0v) is 10.5. The van der Waals surface area contributed by atoms with Crippen molar-refractivity contribution in [1.82, 2.24) is 4.90 Å². The van der Waals surface area contributed by atoms with Crippen LogP contribution in [0.5, 0.6) is 0 Å². The van der Waals surface area contributed by atoms with E-state index >= 15 is 0 Å². The first-order valence-corrected chi connectivity index (χ1v) is 6.25. The third kappa shape index (κ3) is 3.17. The van der Waals surface area contributed by atoms with Gasteiger partial charge in [0.15, 0.2) is 0 Å². The SMILES string of the molecule is CCC(CC)(CO)CN1CCOCC1CO. The zero-order chi connectivity index (χ0) is 12.0. The van der Waals surface area contributed by atoms with Crippen LogP contribution < -0.4 is 0 Å². The molecule has 0 saturated carbocycles. The van der Waals surface area contributed by atoms with Gasteiger partial charge in [0.25, 0.3) is 0 Å². The molecule has 0 aliphatic carbocycles. The number of hydrogen-bond acceptors (Lipinski definition) is 4. The molecule has 1 aliphatic rings. The van der Waals surface area contributed by atoms with Gasteiger partial charge in [-0.3, -0.25) is 4.90 Å². The molecule has 0 radical (unpaired) electrons. The van der Waals surface area contributed by atoms with E-state index in [0.717, 1.165) is 32.5 Å². The lowest BCUT2D eigenvalue weighted by Crippen LogP contribution is -2.52. The summed E-state index contributed by atoms with van der Waals surface area (Å²) in [5.74, 6) is 0. The Morgan fingerprint density at radius 2 is 2.00 bits per heavy atom. The second kappa shape index (κ2) is 6.55. The van der Waals surface area contributed by atoms with Crippen molar-refractivity contribution in [3.05, 3.63) is 0 Å². The van der Waals surface area contributed by atoms with Crippen LogP contribution in [0, 0.1) is 5.41 Å². The van der Waals surface area contributed by atoms with Crippen molar-refractivity contribution in [2.45, 2.75) is 32.7 Å². The molecule has 2 N–H and O–H groups in total. The van der Waals surface area contributed by atoms with Crippen molar-refractivity contribution in [2.24, 2.45) is 5.41 Å². The van der Waals surface area contributed by atoms with Crippen molar-refractivity contribution in [3.8, 4) is 0 Å². The van der Waals surface area contributed by atoms with E-state index in [1.54, 1.807) is 0 Å². The van der Waals surface area contributed by atoms with Gasteiger partial charge < -0.3 is 14.9 Å². The third-order valence-electron chi connectivity index (χ3n) is 3.93. The Kier molecular flexibility index (Phi) is 5.69. The first-order valence-electron chi connectivity index (χ1n) is 6.25. The highest BCUT2D eigenvalue weighted by Crippen LogP contribution is 2.28. The van der Waals surface area contributed by atoms with E-state index in [-0.39, 0.29) is 24.7 Å². The van der Waals surface area contributed by atoms with Crippen LogP contribution in [0.4, 0.5) is 0 Å². The van der Waals surface area contributed by atoms with E-state index in [9.17, 15) is 10.2 Å². The van der Waals surface area contributed by atoms with Crippen LogP contribution in [0.2, 0.25) is 0 Å². The fourth-order valence-corrected chi connectivity index (χ4v) is 2.24. The molecule has 96 valence electrons. The summed E-state index contributed by atoms with van der Waals surface area (Å²) in [6, 6.07) is 0.0952. The monoisotopic (exact) mass is 231 g/mol. The average Bonchev–Trinajstić information content (AvgIpc) is 2.36. The molecule has 16 heavy (non-hydrogen) atoms. The fraction of sp³-hybridized carbons (Fsp3) is 1.00. The van der Waals surface area contributed by atoms with Crippen molar-refractivity contribution in [2.75, 3.05) is 39.5 Å². The summed E-state index contributed by atoms with van der Waals surface area (Å²) in [5.41, 5.74) is -0.0231. The normalized spacial score (nSPS) is 23.6. The molecule has 0 aromatic heterocycles. The van der Waals surface area contributed by atoms with Crippen LogP contribution in [0.1, 0.15) is 26.7 Å². The second-order valence-corrected chi connectivity index (χ2v) is 4.75. The maximum absolute atomic E-state index is 9.55. The molecule has 1 atom stereocenters. The van der Waals surface area contributed by atoms with E-state index in [0.29, 0.717) is 6.61 Å². The minimum atomic E-state index is -0.0231. The number of rotatable bonds is 6. The molecule has 0 spiro atoms. The minimum absolute atomic E-state index is 0.0231. The van der Waals surface area contributed by atoms with Gasteiger partial charge in [-0.05, 0) is 12.8 Å². The largest absolute Gasteiger partial charge is 0.396 e. The fourth-order valence-electron chi connectivity index (χ4n) is 2.24. The van der Waals surface area contributed by atoms with Gasteiger partial charge in [0, 0.05) is 25.1 Å². The topological polar surface area (TPSA) is 52.9 Å². The number of ether oxygens (including phenoxy) is 1. The van der Waals surface area contributed by atoms with E-state index in [1.807, 2.05) is 0 Å². The van der Waals surface area contributed by atoms with E-state index < -0.39 is 0 Å². The number of aliphatic hydroxyl groups excluding tert-OH is 2. The third-order valence-corrected chi connectivity index (χ3v) is 3.93. The quantitative estimate of drug-likeness (QED) is 0.698. The summed E-state index contributed by atoms with van der Waals surface area (Å²) in [4.78, 5) is 2.26. The Morgan fingerprint density at radius 3 is 2.50 bits per heavy atom. The van der Waals surface area contributed by atoms with Gasteiger partial charge in [-0.1, -0.05) is 13.8 Å². The lowest BCUT2D eigenvalue weighted by atomic mass is 9.82. The zero-order valence-electron chi connectivity index (χ0n) is 10.5. The Hall–Kier alpha value is -0.160. The van der Waals surface area contributed by atoms with Gasteiger partial charge in [-0.2, -0.15) is 0 Å². The van der Waals surface area contributed by atoms with Gasteiger partial charge in [0.1, 0.15) is 0 Å². The summed E-state index contributed by atoms with van der Waals surface area (Å²) in [7, 11) is 0. The number of nitrogens with zero attached hydrogens (tertiary/aromatic N) is 1. The molecular weight excluding hydrogens is 206 g/mol. The van der Waals surface area contributed by atoms with Crippen LogP contribution in [-0.2, 0) is 4.74 Å². The highest BCUT2D eigenvalue weighted by Gasteiger charge is 2.32. The molecule has 1 rings (SSSR count). The summed E-state index contributed by atoms with van der Waals surface area (Å²) in [6.45, 7) is 7.63. The molecule has 0 amide bonds. The molecule has 4 heteroatoms. The Labute approximate surface area is 98.2 Å². The summed E-state index contributed by atoms with van der Waals surface area (Å²) in [6.07, 6.45) is 1.94. The van der Waals surface area contributed by atoms with Gasteiger partial charge in [0.05, 0.1) is 25.9 Å². The van der Waals surface area contributed by atoms with Crippen molar-refractivity contribution in [3.63, 3.8) is 0 Å². The maximum Gasteiger partial charge on any atom is 0.0644 e. The maximum atomic E-state index is 9.55. The van der Waals surface area contributed by atoms with E-state index in [4.69, 9.17) is 4.74 Å².